The largest absolute Gasteiger partial charge is 0.493 e. The van der Waals surface area contributed by atoms with Crippen LogP contribution < -0.4 is 4.74 Å². The predicted octanol–water partition coefficient (Wildman–Crippen LogP) is 5.10. The number of fused-ring (bicyclic) bond motifs is 1. The smallest absolute Gasteiger partial charge is 0.337 e. The summed E-state index contributed by atoms with van der Waals surface area (Å²) in [5.41, 5.74) is 2.61. The molecule has 0 aromatic heterocycles. The average molecular weight is 430 g/mol. The predicted molar refractivity (Wildman–Crippen MR) is 126 cm³/mol. The third kappa shape index (κ3) is 5.17. The molecular formula is C27H27NO4. The molecule has 1 saturated heterocycles. The Labute approximate surface area is 188 Å². The Hall–Kier alpha value is -3.60. The maximum atomic E-state index is 12.2. The van der Waals surface area contributed by atoms with Gasteiger partial charge >= 0.3 is 5.97 Å². The first-order valence-electron chi connectivity index (χ1n) is 10.9. The molecule has 32 heavy (non-hydrogen) atoms. The zero-order valence-electron chi connectivity index (χ0n) is 18.3. The van der Waals surface area contributed by atoms with Gasteiger partial charge in [-0.2, -0.15) is 0 Å². The van der Waals surface area contributed by atoms with Gasteiger partial charge in [-0.05, 0) is 41.1 Å². The van der Waals surface area contributed by atoms with E-state index in [1.54, 1.807) is 12.1 Å². The number of ether oxygens (including phenoxy) is 2. The highest BCUT2D eigenvalue weighted by Crippen LogP contribution is 2.26. The lowest BCUT2D eigenvalue weighted by molar-refractivity contribution is -0.127. The molecule has 0 unspecified atom stereocenters. The molecule has 1 heterocycles. The highest BCUT2D eigenvalue weighted by Gasteiger charge is 2.21. The number of carbonyl (C=O) groups excluding carboxylic acids is 2. The van der Waals surface area contributed by atoms with Gasteiger partial charge in [0, 0.05) is 31.3 Å². The molecule has 164 valence electrons. The zero-order valence-corrected chi connectivity index (χ0v) is 18.3. The molecule has 1 aliphatic rings. The molecule has 4 rings (SSSR count). The standard InChI is InChI=1S/C27H27NO4/c1-31-27(30)23-13-11-20(12-14-23)18-21(19-28-16-5-10-26(28)29)15-17-32-25-9-4-7-22-6-2-3-8-24(22)25/h2-4,6-9,11-14,18H,5,10,15-17,19H2,1H3. The summed E-state index contributed by atoms with van der Waals surface area (Å²) in [6.07, 6.45) is 4.31. The average Bonchev–Trinajstić information content (AvgIpc) is 3.23. The van der Waals surface area contributed by atoms with Crippen LogP contribution in [0.2, 0.25) is 0 Å². The Kier molecular flexibility index (Phi) is 6.85. The van der Waals surface area contributed by atoms with Gasteiger partial charge in [-0.25, -0.2) is 4.79 Å². The molecule has 0 atom stereocenters. The summed E-state index contributed by atoms with van der Waals surface area (Å²) in [7, 11) is 1.37. The number of amides is 1. The summed E-state index contributed by atoms with van der Waals surface area (Å²) in [4.78, 5) is 25.8. The van der Waals surface area contributed by atoms with Crippen LogP contribution >= 0.6 is 0 Å². The van der Waals surface area contributed by atoms with Gasteiger partial charge in [-0.1, -0.05) is 54.6 Å². The minimum Gasteiger partial charge on any atom is -0.493 e. The van der Waals surface area contributed by atoms with Crippen LogP contribution in [0, 0.1) is 0 Å². The maximum absolute atomic E-state index is 12.2. The molecule has 0 spiro atoms. The lowest BCUT2D eigenvalue weighted by Gasteiger charge is -2.19. The van der Waals surface area contributed by atoms with Gasteiger partial charge in [0.15, 0.2) is 0 Å². The van der Waals surface area contributed by atoms with Crippen molar-refractivity contribution in [2.45, 2.75) is 19.3 Å². The Balaban J connectivity index is 1.49. The Morgan fingerprint density at radius 3 is 2.56 bits per heavy atom. The molecule has 0 aliphatic carbocycles. The van der Waals surface area contributed by atoms with Gasteiger partial charge in [0.05, 0.1) is 19.3 Å². The number of nitrogens with zero attached hydrogens (tertiary/aromatic N) is 1. The second kappa shape index (κ2) is 10.1. The molecule has 1 amide bonds. The van der Waals surface area contributed by atoms with Crippen molar-refractivity contribution in [3.8, 4) is 5.75 Å². The van der Waals surface area contributed by atoms with E-state index in [1.165, 1.54) is 7.11 Å². The number of methoxy groups -OCH3 is 1. The highest BCUT2D eigenvalue weighted by atomic mass is 16.5. The number of carbonyl (C=O) groups is 2. The van der Waals surface area contributed by atoms with Crippen molar-refractivity contribution in [2.24, 2.45) is 0 Å². The van der Waals surface area contributed by atoms with Crippen molar-refractivity contribution >= 4 is 28.7 Å². The van der Waals surface area contributed by atoms with Gasteiger partial charge in [-0.3, -0.25) is 4.79 Å². The van der Waals surface area contributed by atoms with Crippen molar-refractivity contribution < 1.29 is 19.1 Å². The first-order valence-corrected chi connectivity index (χ1v) is 10.9. The lowest BCUT2D eigenvalue weighted by atomic mass is 10.1. The first kappa shape index (κ1) is 21.6. The van der Waals surface area contributed by atoms with E-state index in [1.807, 2.05) is 41.3 Å². The summed E-state index contributed by atoms with van der Waals surface area (Å²) in [5.74, 6) is 0.709. The van der Waals surface area contributed by atoms with Crippen LogP contribution in [0.5, 0.6) is 5.75 Å². The first-order chi connectivity index (χ1) is 15.6. The minimum absolute atomic E-state index is 0.201. The molecule has 0 saturated carbocycles. The van der Waals surface area contributed by atoms with Crippen molar-refractivity contribution in [1.82, 2.24) is 4.90 Å². The number of hydrogen-bond acceptors (Lipinski definition) is 4. The third-order valence-electron chi connectivity index (χ3n) is 5.70. The third-order valence-corrected chi connectivity index (χ3v) is 5.70. The van der Waals surface area contributed by atoms with Gasteiger partial charge in [-0.15, -0.1) is 0 Å². The summed E-state index contributed by atoms with van der Waals surface area (Å²) in [6, 6.07) is 21.5. The van der Waals surface area contributed by atoms with Crippen molar-refractivity contribution in [3.63, 3.8) is 0 Å². The number of rotatable bonds is 8. The summed E-state index contributed by atoms with van der Waals surface area (Å²) < 4.78 is 10.9. The van der Waals surface area contributed by atoms with E-state index < -0.39 is 0 Å². The van der Waals surface area contributed by atoms with Crippen LogP contribution in [-0.2, 0) is 9.53 Å². The second-order valence-electron chi connectivity index (χ2n) is 7.91. The van der Waals surface area contributed by atoms with E-state index in [0.29, 0.717) is 31.6 Å². The molecule has 5 heteroatoms. The molecular weight excluding hydrogens is 402 g/mol. The molecule has 5 nitrogen and oxygen atoms in total. The van der Waals surface area contributed by atoms with E-state index in [0.717, 1.165) is 40.6 Å². The Morgan fingerprint density at radius 1 is 1.03 bits per heavy atom. The monoisotopic (exact) mass is 429 g/mol. The number of benzene rings is 3. The van der Waals surface area contributed by atoms with Gasteiger partial charge in [0.25, 0.3) is 0 Å². The Bertz CT molecular complexity index is 1130. The fraction of sp³-hybridized carbons (Fsp3) is 0.259. The van der Waals surface area contributed by atoms with Gasteiger partial charge < -0.3 is 14.4 Å². The van der Waals surface area contributed by atoms with Gasteiger partial charge in [0.1, 0.15) is 5.75 Å². The topological polar surface area (TPSA) is 55.8 Å². The van der Waals surface area contributed by atoms with Crippen LogP contribution in [0.1, 0.15) is 35.2 Å². The normalized spacial score (nSPS) is 14.1. The van der Waals surface area contributed by atoms with Crippen LogP contribution in [0.3, 0.4) is 0 Å². The fourth-order valence-corrected chi connectivity index (χ4v) is 4.00. The van der Waals surface area contributed by atoms with E-state index in [2.05, 4.69) is 24.3 Å². The van der Waals surface area contributed by atoms with Crippen LogP contribution in [0.15, 0.2) is 72.3 Å². The van der Waals surface area contributed by atoms with Gasteiger partial charge in [0.2, 0.25) is 5.91 Å². The SMILES string of the molecule is COC(=O)c1ccc(C=C(CCOc2cccc3ccccc23)CN2CCCC2=O)cc1. The number of likely N-dealkylation sites (tertiary alicyclic amines) is 1. The summed E-state index contributed by atoms with van der Waals surface area (Å²) in [5, 5.41) is 2.24. The summed E-state index contributed by atoms with van der Waals surface area (Å²) in [6.45, 7) is 1.90. The molecule has 0 radical (unpaired) electrons. The fourth-order valence-electron chi connectivity index (χ4n) is 4.00. The van der Waals surface area contributed by atoms with Crippen molar-refractivity contribution in [2.75, 3.05) is 26.8 Å². The van der Waals surface area contributed by atoms with E-state index in [9.17, 15) is 9.59 Å². The molecule has 3 aromatic rings. The van der Waals surface area contributed by atoms with Crippen molar-refractivity contribution in [3.05, 3.63) is 83.4 Å². The van der Waals surface area contributed by atoms with E-state index in [-0.39, 0.29) is 11.9 Å². The Morgan fingerprint density at radius 2 is 1.81 bits per heavy atom. The minimum atomic E-state index is -0.355. The van der Waals surface area contributed by atoms with E-state index in [4.69, 9.17) is 9.47 Å². The van der Waals surface area contributed by atoms with Crippen molar-refractivity contribution in [1.29, 1.82) is 0 Å². The molecule has 1 aliphatic heterocycles. The quantitative estimate of drug-likeness (QED) is 0.468. The number of hydrogen-bond donors (Lipinski definition) is 0. The van der Waals surface area contributed by atoms with E-state index >= 15 is 0 Å². The van der Waals surface area contributed by atoms with Crippen LogP contribution in [0.4, 0.5) is 0 Å². The number of esters is 1. The lowest BCUT2D eigenvalue weighted by Crippen LogP contribution is -2.27. The van der Waals surface area contributed by atoms with Crippen LogP contribution in [-0.4, -0.2) is 43.6 Å². The summed E-state index contributed by atoms with van der Waals surface area (Å²) >= 11 is 0. The molecule has 0 bridgehead atoms. The molecule has 1 fully saturated rings. The maximum Gasteiger partial charge on any atom is 0.337 e. The molecule has 3 aromatic carbocycles. The second-order valence-corrected chi connectivity index (χ2v) is 7.91. The van der Waals surface area contributed by atoms with Crippen LogP contribution in [0.25, 0.3) is 16.8 Å². The molecule has 0 N–H and O–H groups in total. The zero-order chi connectivity index (χ0) is 22.3. The highest BCUT2D eigenvalue weighted by molar-refractivity contribution is 5.89.